The molecule has 0 spiro atoms. The van der Waals surface area contributed by atoms with Gasteiger partial charge in [0.15, 0.2) is 0 Å². The molecule has 3 rings (SSSR count). The number of carboxylic acid groups (broad SMARTS) is 1. The predicted octanol–water partition coefficient (Wildman–Crippen LogP) is 4.29. The molecule has 150 valence electrons. The second kappa shape index (κ2) is 9.24. The number of aliphatic carboxylic acids is 1. The molecule has 0 bridgehead atoms. The molecule has 8 nitrogen and oxygen atoms in total. The maximum atomic E-state index is 11.7. The van der Waals surface area contributed by atoms with Crippen molar-refractivity contribution in [1.29, 1.82) is 0 Å². The number of carbonyl (C=O) groups excluding carboxylic acids is 1. The molecule has 1 N–H and O–H groups in total. The summed E-state index contributed by atoms with van der Waals surface area (Å²) in [6, 6.07) is 10.1. The Morgan fingerprint density at radius 1 is 1.10 bits per heavy atom. The van der Waals surface area contributed by atoms with Crippen molar-refractivity contribution in [2.45, 2.75) is 25.5 Å². The van der Waals surface area contributed by atoms with Gasteiger partial charge in [-0.1, -0.05) is 19.1 Å². The third-order valence-electron chi connectivity index (χ3n) is 3.74. The maximum absolute atomic E-state index is 11.7. The van der Waals surface area contributed by atoms with Gasteiger partial charge in [0.1, 0.15) is 16.4 Å². The van der Waals surface area contributed by atoms with E-state index in [1.54, 1.807) is 43.3 Å². The molecule has 0 unspecified atom stereocenters. The predicted molar refractivity (Wildman–Crippen MR) is 105 cm³/mol. The number of benzene rings is 1. The molecule has 2 aromatic heterocycles. The molecular formula is C20H18N2O6S. The van der Waals surface area contributed by atoms with E-state index < -0.39 is 11.9 Å². The lowest BCUT2D eigenvalue weighted by Crippen LogP contribution is -2.03. The summed E-state index contributed by atoms with van der Waals surface area (Å²) in [5.41, 5.74) is 1.18. The van der Waals surface area contributed by atoms with Crippen LogP contribution in [-0.2, 0) is 16.0 Å². The Hall–Kier alpha value is -3.33. The van der Waals surface area contributed by atoms with Gasteiger partial charge in [0, 0.05) is 18.1 Å². The minimum Gasteiger partial charge on any atom is -0.477 e. The van der Waals surface area contributed by atoms with Crippen LogP contribution in [0.4, 0.5) is 0 Å². The number of hydrogen-bond acceptors (Lipinski definition) is 8. The van der Waals surface area contributed by atoms with Crippen LogP contribution in [0.25, 0.3) is 17.4 Å². The standard InChI is InChI=1S/C20H18N2O6S/c1-3-17-21-22-20(28-17)29-16(18(23)24)11-14-9-10-15(27-14)12-5-7-13(8-6-12)19(25)26-4-2/h5-11H,3-4H2,1-2H3,(H,23,24)/b16-11-. The van der Waals surface area contributed by atoms with Gasteiger partial charge in [-0.05, 0) is 43.0 Å². The Morgan fingerprint density at radius 2 is 1.86 bits per heavy atom. The largest absolute Gasteiger partial charge is 0.477 e. The molecule has 29 heavy (non-hydrogen) atoms. The number of aromatic nitrogens is 2. The smallest absolute Gasteiger partial charge is 0.342 e. The van der Waals surface area contributed by atoms with Gasteiger partial charge in [0.05, 0.1) is 12.2 Å². The second-order valence-electron chi connectivity index (χ2n) is 5.73. The molecule has 0 atom stereocenters. The molecular weight excluding hydrogens is 396 g/mol. The van der Waals surface area contributed by atoms with Crippen molar-refractivity contribution in [3.8, 4) is 11.3 Å². The van der Waals surface area contributed by atoms with Crippen LogP contribution in [0.5, 0.6) is 0 Å². The van der Waals surface area contributed by atoms with Crippen molar-refractivity contribution in [3.05, 3.63) is 58.5 Å². The molecule has 2 heterocycles. The average Bonchev–Trinajstić information content (AvgIpc) is 3.37. The lowest BCUT2D eigenvalue weighted by molar-refractivity contribution is -0.131. The van der Waals surface area contributed by atoms with Crippen molar-refractivity contribution < 1.29 is 28.3 Å². The first-order chi connectivity index (χ1) is 14.0. The van der Waals surface area contributed by atoms with E-state index in [0.717, 1.165) is 17.3 Å². The van der Waals surface area contributed by atoms with E-state index in [1.165, 1.54) is 6.08 Å². The molecule has 3 aromatic rings. The summed E-state index contributed by atoms with van der Waals surface area (Å²) in [6.07, 6.45) is 1.95. The first-order valence-electron chi connectivity index (χ1n) is 8.82. The highest BCUT2D eigenvalue weighted by atomic mass is 32.2. The van der Waals surface area contributed by atoms with Crippen LogP contribution in [0.3, 0.4) is 0 Å². The van der Waals surface area contributed by atoms with Gasteiger partial charge >= 0.3 is 11.9 Å². The Bertz CT molecular complexity index is 1040. The van der Waals surface area contributed by atoms with Crippen LogP contribution in [-0.4, -0.2) is 33.8 Å². The zero-order chi connectivity index (χ0) is 20.8. The van der Waals surface area contributed by atoms with Crippen LogP contribution in [0.15, 0.2) is 55.4 Å². The Morgan fingerprint density at radius 3 is 2.48 bits per heavy atom. The number of hydrogen-bond donors (Lipinski definition) is 1. The molecule has 0 saturated carbocycles. The van der Waals surface area contributed by atoms with Crippen LogP contribution in [0, 0.1) is 0 Å². The first kappa shape index (κ1) is 20.4. The first-order valence-corrected chi connectivity index (χ1v) is 9.64. The number of nitrogens with zero attached hydrogens (tertiary/aromatic N) is 2. The molecule has 1 aromatic carbocycles. The van der Waals surface area contributed by atoms with E-state index in [0.29, 0.717) is 36.0 Å². The topological polar surface area (TPSA) is 116 Å². The van der Waals surface area contributed by atoms with E-state index in [4.69, 9.17) is 13.6 Å². The lowest BCUT2D eigenvalue weighted by Gasteiger charge is -2.02. The van der Waals surface area contributed by atoms with Crippen molar-refractivity contribution in [3.63, 3.8) is 0 Å². The van der Waals surface area contributed by atoms with E-state index in [-0.39, 0.29) is 10.1 Å². The van der Waals surface area contributed by atoms with Gasteiger partial charge in [-0.15, -0.1) is 10.2 Å². The van der Waals surface area contributed by atoms with Gasteiger partial charge < -0.3 is 18.7 Å². The van der Waals surface area contributed by atoms with Crippen LogP contribution >= 0.6 is 11.8 Å². The molecule has 0 amide bonds. The zero-order valence-corrected chi connectivity index (χ0v) is 16.6. The number of furan rings is 1. The van der Waals surface area contributed by atoms with Crippen LogP contribution < -0.4 is 0 Å². The normalized spacial score (nSPS) is 11.4. The zero-order valence-electron chi connectivity index (χ0n) is 15.7. The SMILES string of the molecule is CCOC(=O)c1ccc(-c2ccc(/C=C(\Sc3nnc(CC)o3)C(=O)O)o2)cc1. The Kier molecular flexibility index (Phi) is 6.50. The van der Waals surface area contributed by atoms with Crippen molar-refractivity contribution in [1.82, 2.24) is 10.2 Å². The fourth-order valence-electron chi connectivity index (χ4n) is 2.35. The van der Waals surface area contributed by atoms with Crippen molar-refractivity contribution >= 4 is 29.8 Å². The molecule has 0 aliphatic rings. The van der Waals surface area contributed by atoms with E-state index in [1.807, 2.05) is 6.92 Å². The van der Waals surface area contributed by atoms with Gasteiger partial charge in [-0.3, -0.25) is 0 Å². The molecule has 0 aliphatic carbocycles. The number of carboxylic acids is 1. The molecule has 0 aliphatic heterocycles. The summed E-state index contributed by atoms with van der Waals surface area (Å²) in [5.74, 6) is -0.202. The molecule has 0 saturated heterocycles. The lowest BCUT2D eigenvalue weighted by atomic mass is 10.1. The van der Waals surface area contributed by atoms with Crippen molar-refractivity contribution in [2.75, 3.05) is 6.61 Å². The van der Waals surface area contributed by atoms with E-state index >= 15 is 0 Å². The van der Waals surface area contributed by atoms with E-state index in [9.17, 15) is 14.7 Å². The fourth-order valence-corrected chi connectivity index (χ4v) is 3.02. The highest BCUT2D eigenvalue weighted by molar-refractivity contribution is 8.03. The number of thioether (sulfide) groups is 1. The second-order valence-corrected chi connectivity index (χ2v) is 6.72. The molecule has 0 fully saturated rings. The average molecular weight is 414 g/mol. The summed E-state index contributed by atoms with van der Waals surface area (Å²) < 4.78 is 16.0. The van der Waals surface area contributed by atoms with Gasteiger partial charge in [-0.25, -0.2) is 9.59 Å². The number of esters is 1. The van der Waals surface area contributed by atoms with E-state index in [2.05, 4.69) is 10.2 Å². The molecule has 0 radical (unpaired) electrons. The van der Waals surface area contributed by atoms with Gasteiger partial charge in [0.25, 0.3) is 5.22 Å². The van der Waals surface area contributed by atoms with Crippen molar-refractivity contribution in [2.24, 2.45) is 0 Å². The summed E-state index contributed by atoms with van der Waals surface area (Å²) in [4.78, 5) is 23.3. The van der Waals surface area contributed by atoms with Gasteiger partial charge in [0.2, 0.25) is 5.89 Å². The van der Waals surface area contributed by atoms with Gasteiger partial charge in [-0.2, -0.15) is 0 Å². The number of carbonyl (C=O) groups is 2. The van der Waals surface area contributed by atoms with Crippen LogP contribution in [0.1, 0.15) is 35.9 Å². The van der Waals surface area contributed by atoms with Crippen LogP contribution in [0.2, 0.25) is 0 Å². The quantitative estimate of drug-likeness (QED) is 0.327. The molecule has 9 heteroatoms. The summed E-state index contributed by atoms with van der Waals surface area (Å²) in [7, 11) is 0. The minimum atomic E-state index is -1.14. The highest BCUT2D eigenvalue weighted by Crippen LogP contribution is 2.30. The maximum Gasteiger partial charge on any atom is 0.342 e. The number of ether oxygens (including phenoxy) is 1. The number of aryl methyl sites for hydroxylation is 1. The summed E-state index contributed by atoms with van der Waals surface area (Å²) in [5, 5.41) is 17.2. The highest BCUT2D eigenvalue weighted by Gasteiger charge is 2.16. The summed E-state index contributed by atoms with van der Waals surface area (Å²) >= 11 is 0.853. The fraction of sp³-hybridized carbons (Fsp3) is 0.200. The Labute approximate surface area is 170 Å². The number of rotatable bonds is 8. The third kappa shape index (κ3) is 5.14. The third-order valence-corrected chi connectivity index (χ3v) is 4.59. The minimum absolute atomic E-state index is 0.0186. The monoisotopic (exact) mass is 414 g/mol. The summed E-state index contributed by atoms with van der Waals surface area (Å²) in [6.45, 7) is 3.91. The Balaban J connectivity index is 1.78.